The molecule has 0 radical (unpaired) electrons. The minimum atomic E-state index is -3.05. The Morgan fingerprint density at radius 2 is 1.90 bits per heavy atom. The molecule has 0 aromatic heterocycles. The smallest absolute Gasteiger partial charge is 0.320 e. The lowest BCUT2D eigenvalue weighted by molar-refractivity contribution is -0.144. The summed E-state index contributed by atoms with van der Waals surface area (Å²) in [6, 6.07) is 9.62. The summed E-state index contributed by atoms with van der Waals surface area (Å²) in [7, 11) is -3.05. The van der Waals surface area contributed by atoms with Crippen LogP contribution in [-0.2, 0) is 25.9 Å². The van der Waals surface area contributed by atoms with Gasteiger partial charge in [-0.25, -0.2) is 8.42 Å². The van der Waals surface area contributed by atoms with E-state index in [-0.39, 0.29) is 18.3 Å². The Kier molecular flexibility index (Phi) is 6.67. The first-order valence-electron chi connectivity index (χ1n) is 6.50. The maximum absolute atomic E-state index is 11.6. The zero-order valence-corrected chi connectivity index (χ0v) is 12.7. The lowest BCUT2D eigenvalue weighted by Crippen LogP contribution is -2.34. The first-order valence-corrected chi connectivity index (χ1v) is 8.56. The fourth-order valence-electron chi connectivity index (χ4n) is 1.74. The number of carbonyl (C=O) groups is 1. The van der Waals surface area contributed by atoms with Crippen molar-refractivity contribution in [1.29, 1.82) is 0 Å². The molecule has 0 fully saturated rings. The SMILES string of the molecule is CCOC(=O)CN(CCS(C)(=O)=O)Cc1ccccc1. The van der Waals surface area contributed by atoms with Crippen LogP contribution in [0.1, 0.15) is 12.5 Å². The van der Waals surface area contributed by atoms with Crippen LogP contribution < -0.4 is 0 Å². The molecule has 20 heavy (non-hydrogen) atoms. The summed E-state index contributed by atoms with van der Waals surface area (Å²) in [6.07, 6.45) is 1.19. The maximum atomic E-state index is 11.6. The van der Waals surface area contributed by atoms with E-state index in [0.29, 0.717) is 19.7 Å². The molecule has 0 bridgehead atoms. The molecule has 1 aromatic carbocycles. The molecule has 1 aromatic rings. The van der Waals surface area contributed by atoms with Gasteiger partial charge in [-0.3, -0.25) is 9.69 Å². The third kappa shape index (κ3) is 7.25. The largest absolute Gasteiger partial charge is 0.465 e. The van der Waals surface area contributed by atoms with Gasteiger partial charge in [0, 0.05) is 19.3 Å². The van der Waals surface area contributed by atoms with E-state index < -0.39 is 9.84 Å². The van der Waals surface area contributed by atoms with Crippen molar-refractivity contribution in [3.8, 4) is 0 Å². The maximum Gasteiger partial charge on any atom is 0.320 e. The van der Waals surface area contributed by atoms with Gasteiger partial charge < -0.3 is 4.74 Å². The van der Waals surface area contributed by atoms with Crippen LogP contribution in [0.15, 0.2) is 30.3 Å². The number of carbonyl (C=O) groups excluding carboxylic acids is 1. The summed E-state index contributed by atoms with van der Waals surface area (Å²) in [5, 5.41) is 0. The predicted octanol–water partition coefficient (Wildman–Crippen LogP) is 1.10. The van der Waals surface area contributed by atoms with Gasteiger partial charge in [-0.1, -0.05) is 30.3 Å². The molecule has 5 nitrogen and oxygen atoms in total. The van der Waals surface area contributed by atoms with Gasteiger partial charge in [0.25, 0.3) is 0 Å². The van der Waals surface area contributed by atoms with Crippen LogP contribution in [0.3, 0.4) is 0 Å². The minimum Gasteiger partial charge on any atom is -0.465 e. The second kappa shape index (κ2) is 8.01. The molecule has 6 heteroatoms. The lowest BCUT2D eigenvalue weighted by Gasteiger charge is -2.20. The molecular weight excluding hydrogens is 278 g/mol. The molecule has 0 spiro atoms. The molecule has 0 aliphatic carbocycles. The van der Waals surface area contributed by atoms with Gasteiger partial charge in [-0.15, -0.1) is 0 Å². The van der Waals surface area contributed by atoms with Gasteiger partial charge in [0.05, 0.1) is 18.9 Å². The number of rotatable bonds is 8. The molecule has 112 valence electrons. The Balaban J connectivity index is 2.65. The average molecular weight is 299 g/mol. The van der Waals surface area contributed by atoms with Gasteiger partial charge >= 0.3 is 5.97 Å². The molecular formula is C14H21NO4S. The van der Waals surface area contributed by atoms with E-state index in [1.54, 1.807) is 11.8 Å². The quantitative estimate of drug-likeness (QED) is 0.673. The van der Waals surface area contributed by atoms with Gasteiger partial charge in [-0.05, 0) is 12.5 Å². The Morgan fingerprint density at radius 3 is 2.45 bits per heavy atom. The van der Waals surface area contributed by atoms with Crippen LogP contribution in [0, 0.1) is 0 Å². The highest BCUT2D eigenvalue weighted by Gasteiger charge is 2.14. The molecule has 0 saturated carbocycles. The molecule has 0 amide bonds. The first kappa shape index (κ1) is 16.7. The van der Waals surface area contributed by atoms with E-state index >= 15 is 0 Å². The number of ether oxygens (including phenoxy) is 1. The number of hydrogen-bond acceptors (Lipinski definition) is 5. The Bertz CT molecular complexity index is 513. The second-order valence-corrected chi connectivity index (χ2v) is 6.89. The zero-order chi connectivity index (χ0) is 15.0. The van der Waals surface area contributed by atoms with Crippen molar-refractivity contribution in [3.05, 3.63) is 35.9 Å². The summed E-state index contributed by atoms with van der Waals surface area (Å²) in [5.41, 5.74) is 1.03. The van der Waals surface area contributed by atoms with Gasteiger partial charge in [0.2, 0.25) is 0 Å². The molecule has 0 atom stereocenters. The highest BCUT2D eigenvalue weighted by molar-refractivity contribution is 7.90. The van der Waals surface area contributed by atoms with Gasteiger partial charge in [-0.2, -0.15) is 0 Å². The topological polar surface area (TPSA) is 63.7 Å². The van der Waals surface area contributed by atoms with Crippen molar-refractivity contribution in [2.75, 3.05) is 31.7 Å². The summed E-state index contributed by atoms with van der Waals surface area (Å²) >= 11 is 0. The summed E-state index contributed by atoms with van der Waals surface area (Å²) in [5.74, 6) is -0.309. The second-order valence-electron chi connectivity index (χ2n) is 4.63. The lowest BCUT2D eigenvalue weighted by atomic mass is 10.2. The highest BCUT2D eigenvalue weighted by Crippen LogP contribution is 2.05. The van der Waals surface area contributed by atoms with Crippen molar-refractivity contribution < 1.29 is 17.9 Å². The number of nitrogens with zero attached hydrogens (tertiary/aromatic N) is 1. The highest BCUT2D eigenvalue weighted by atomic mass is 32.2. The molecule has 0 unspecified atom stereocenters. The number of benzene rings is 1. The van der Waals surface area contributed by atoms with E-state index in [0.717, 1.165) is 5.56 Å². The number of sulfone groups is 1. The first-order chi connectivity index (χ1) is 9.40. The summed E-state index contributed by atoms with van der Waals surface area (Å²) in [4.78, 5) is 13.3. The normalized spacial score (nSPS) is 11.6. The van der Waals surface area contributed by atoms with Crippen LogP contribution in [0.25, 0.3) is 0 Å². The fraction of sp³-hybridized carbons (Fsp3) is 0.500. The Hall–Kier alpha value is -1.40. The van der Waals surface area contributed by atoms with Gasteiger partial charge in [0.15, 0.2) is 0 Å². The summed E-state index contributed by atoms with van der Waals surface area (Å²) in [6.45, 7) is 3.00. The molecule has 0 heterocycles. The van der Waals surface area contributed by atoms with Crippen molar-refractivity contribution in [3.63, 3.8) is 0 Å². The van der Waals surface area contributed by atoms with E-state index in [1.807, 2.05) is 30.3 Å². The average Bonchev–Trinajstić information content (AvgIpc) is 2.36. The van der Waals surface area contributed by atoms with Crippen molar-refractivity contribution in [2.45, 2.75) is 13.5 Å². The molecule has 0 saturated heterocycles. The minimum absolute atomic E-state index is 0.0270. The predicted molar refractivity (Wildman–Crippen MR) is 78.1 cm³/mol. The van der Waals surface area contributed by atoms with Crippen LogP contribution in [0.2, 0.25) is 0 Å². The van der Waals surface area contributed by atoms with Crippen LogP contribution in [0.5, 0.6) is 0 Å². The van der Waals surface area contributed by atoms with Crippen molar-refractivity contribution in [1.82, 2.24) is 4.90 Å². The monoisotopic (exact) mass is 299 g/mol. The van der Waals surface area contributed by atoms with Crippen molar-refractivity contribution >= 4 is 15.8 Å². The number of esters is 1. The van der Waals surface area contributed by atoms with E-state index in [4.69, 9.17) is 4.74 Å². The summed E-state index contributed by atoms with van der Waals surface area (Å²) < 4.78 is 27.4. The van der Waals surface area contributed by atoms with Gasteiger partial charge in [0.1, 0.15) is 9.84 Å². The standard InChI is InChI=1S/C14H21NO4S/c1-3-19-14(16)12-15(9-10-20(2,17)18)11-13-7-5-4-6-8-13/h4-8H,3,9-12H2,1-2H3. The fourth-order valence-corrected chi connectivity index (χ4v) is 2.33. The van der Waals surface area contributed by atoms with Crippen LogP contribution in [-0.4, -0.2) is 51.0 Å². The third-order valence-electron chi connectivity index (χ3n) is 2.69. The van der Waals surface area contributed by atoms with Crippen molar-refractivity contribution in [2.24, 2.45) is 0 Å². The van der Waals surface area contributed by atoms with E-state index in [1.165, 1.54) is 6.26 Å². The molecule has 1 rings (SSSR count). The van der Waals surface area contributed by atoms with E-state index in [9.17, 15) is 13.2 Å². The molecule has 0 aliphatic heterocycles. The zero-order valence-electron chi connectivity index (χ0n) is 11.9. The van der Waals surface area contributed by atoms with Crippen LogP contribution >= 0.6 is 0 Å². The van der Waals surface area contributed by atoms with Crippen LogP contribution in [0.4, 0.5) is 0 Å². The molecule has 0 aliphatic rings. The third-order valence-corrected chi connectivity index (χ3v) is 3.61. The van der Waals surface area contributed by atoms with E-state index in [2.05, 4.69) is 0 Å². The Morgan fingerprint density at radius 1 is 1.25 bits per heavy atom. The number of hydrogen-bond donors (Lipinski definition) is 0. The Labute approximate surface area is 120 Å². The molecule has 0 N–H and O–H groups in total.